The van der Waals surface area contributed by atoms with E-state index in [0.717, 1.165) is 36.1 Å². The zero-order chi connectivity index (χ0) is 20.8. The van der Waals surface area contributed by atoms with Crippen molar-refractivity contribution in [2.75, 3.05) is 11.4 Å². The maximum Gasteiger partial charge on any atom is 0.246 e. The molecule has 4 nitrogen and oxygen atoms in total. The normalized spacial score (nSPS) is 13.6. The van der Waals surface area contributed by atoms with Crippen LogP contribution in [0.3, 0.4) is 0 Å². The van der Waals surface area contributed by atoms with Gasteiger partial charge in [-0.3, -0.25) is 9.59 Å². The molecule has 0 atom stereocenters. The molecule has 0 spiro atoms. The summed E-state index contributed by atoms with van der Waals surface area (Å²) in [6.45, 7) is 5.13. The maximum absolute atomic E-state index is 13.6. The molecular weight excluding hydrogens is 372 g/mol. The van der Waals surface area contributed by atoms with Crippen molar-refractivity contribution in [1.82, 2.24) is 4.57 Å². The monoisotopic (exact) mass is 396 g/mol. The molecule has 2 heterocycles. The third kappa shape index (κ3) is 2.91. The lowest BCUT2D eigenvalue weighted by molar-refractivity contribution is -0.119. The summed E-state index contributed by atoms with van der Waals surface area (Å²) in [5, 5.41) is 1.30. The molecule has 0 fully saturated rings. The number of rotatable bonds is 2. The summed E-state index contributed by atoms with van der Waals surface area (Å²) in [5.41, 5.74) is 6.35. The summed E-state index contributed by atoms with van der Waals surface area (Å²) in [6, 6.07) is 19.4. The standard InChI is InChI=1S/C26H24N2O2/c1-17-14-18(2)19-10-7-13-27(24(19)15-17)25(29)16-28-22-11-5-3-8-20(22)26(30)21-9-4-6-12-23(21)28/h3-6,8-9,11-12,14-15H,7,10,13,16H2,1-2H3. The first-order chi connectivity index (χ1) is 14.5. The lowest BCUT2D eigenvalue weighted by Crippen LogP contribution is -2.38. The molecule has 4 aromatic rings. The minimum atomic E-state index is 0.0134. The van der Waals surface area contributed by atoms with Crippen LogP contribution in [0.5, 0.6) is 0 Å². The highest BCUT2D eigenvalue weighted by atomic mass is 16.2. The Bertz CT molecular complexity index is 1310. The highest BCUT2D eigenvalue weighted by Crippen LogP contribution is 2.31. The van der Waals surface area contributed by atoms with Crippen molar-refractivity contribution >= 4 is 33.4 Å². The molecule has 1 amide bonds. The topological polar surface area (TPSA) is 42.3 Å². The Kier molecular flexibility index (Phi) is 4.43. The summed E-state index contributed by atoms with van der Waals surface area (Å²) < 4.78 is 1.99. The van der Waals surface area contributed by atoms with Crippen LogP contribution < -0.4 is 10.3 Å². The Labute approximate surface area is 175 Å². The van der Waals surface area contributed by atoms with Gasteiger partial charge < -0.3 is 9.47 Å². The van der Waals surface area contributed by atoms with E-state index < -0.39 is 0 Å². The molecule has 4 heteroatoms. The van der Waals surface area contributed by atoms with Crippen molar-refractivity contribution in [3.8, 4) is 0 Å². The molecule has 5 rings (SSSR count). The van der Waals surface area contributed by atoms with E-state index in [1.807, 2.05) is 58.0 Å². The van der Waals surface area contributed by atoms with Gasteiger partial charge in [0.05, 0.1) is 11.0 Å². The largest absolute Gasteiger partial charge is 0.331 e. The number of aromatic nitrogens is 1. The Morgan fingerprint density at radius 2 is 1.57 bits per heavy atom. The first-order valence-electron chi connectivity index (χ1n) is 10.5. The van der Waals surface area contributed by atoms with Crippen molar-refractivity contribution in [2.45, 2.75) is 33.2 Å². The molecule has 0 unspecified atom stereocenters. The van der Waals surface area contributed by atoms with Gasteiger partial charge in [-0.05, 0) is 73.7 Å². The van der Waals surface area contributed by atoms with Crippen LogP contribution in [0.15, 0.2) is 65.5 Å². The fourth-order valence-electron chi connectivity index (χ4n) is 4.80. The first-order valence-corrected chi connectivity index (χ1v) is 10.5. The van der Waals surface area contributed by atoms with Crippen LogP contribution in [0.4, 0.5) is 5.69 Å². The Balaban J connectivity index is 1.65. The molecule has 0 bridgehead atoms. The van der Waals surface area contributed by atoms with Gasteiger partial charge in [0, 0.05) is 23.0 Å². The SMILES string of the molecule is Cc1cc(C)c2c(c1)N(C(=O)Cn1c3ccccc3c(=O)c3ccccc31)CCC2. The smallest absolute Gasteiger partial charge is 0.246 e. The molecule has 1 aromatic heterocycles. The number of hydrogen-bond acceptors (Lipinski definition) is 2. The van der Waals surface area contributed by atoms with Crippen molar-refractivity contribution < 1.29 is 4.79 Å². The van der Waals surface area contributed by atoms with Crippen molar-refractivity contribution in [3.05, 3.63) is 87.6 Å². The van der Waals surface area contributed by atoms with Crippen molar-refractivity contribution in [3.63, 3.8) is 0 Å². The number of pyridine rings is 1. The Morgan fingerprint density at radius 1 is 0.933 bits per heavy atom. The van der Waals surface area contributed by atoms with E-state index in [2.05, 4.69) is 26.0 Å². The molecular formula is C26H24N2O2. The van der Waals surface area contributed by atoms with Crippen molar-refractivity contribution in [2.24, 2.45) is 0 Å². The van der Waals surface area contributed by atoms with Crippen LogP contribution in [0.1, 0.15) is 23.1 Å². The van der Waals surface area contributed by atoms with Gasteiger partial charge in [-0.15, -0.1) is 0 Å². The molecule has 0 radical (unpaired) electrons. The van der Waals surface area contributed by atoms with E-state index in [4.69, 9.17) is 0 Å². The molecule has 0 saturated carbocycles. The highest BCUT2D eigenvalue weighted by molar-refractivity contribution is 5.99. The average Bonchev–Trinajstić information content (AvgIpc) is 2.76. The summed E-state index contributed by atoms with van der Waals surface area (Å²) >= 11 is 0. The van der Waals surface area contributed by atoms with E-state index >= 15 is 0 Å². The summed E-state index contributed by atoms with van der Waals surface area (Å²) in [7, 11) is 0. The van der Waals surface area contributed by atoms with Gasteiger partial charge in [-0.25, -0.2) is 0 Å². The van der Waals surface area contributed by atoms with E-state index in [0.29, 0.717) is 10.8 Å². The number of hydrogen-bond donors (Lipinski definition) is 0. The fraction of sp³-hybridized carbons (Fsp3) is 0.231. The lowest BCUT2D eigenvalue weighted by atomic mass is 9.95. The van der Waals surface area contributed by atoms with Crippen LogP contribution in [-0.4, -0.2) is 17.0 Å². The number of amides is 1. The van der Waals surface area contributed by atoms with E-state index in [1.54, 1.807) is 0 Å². The minimum Gasteiger partial charge on any atom is -0.331 e. The number of carbonyl (C=O) groups is 1. The van der Waals surface area contributed by atoms with Gasteiger partial charge in [0.1, 0.15) is 6.54 Å². The number of para-hydroxylation sites is 2. The van der Waals surface area contributed by atoms with E-state index in [-0.39, 0.29) is 17.9 Å². The second-order valence-electron chi connectivity index (χ2n) is 8.18. The first kappa shape index (κ1) is 18.6. The summed E-state index contributed by atoms with van der Waals surface area (Å²) in [6.07, 6.45) is 1.98. The van der Waals surface area contributed by atoms with Crippen LogP contribution in [0.25, 0.3) is 21.8 Å². The molecule has 0 saturated heterocycles. The molecule has 0 aliphatic carbocycles. The minimum absolute atomic E-state index is 0.0134. The second-order valence-corrected chi connectivity index (χ2v) is 8.18. The predicted molar refractivity (Wildman–Crippen MR) is 122 cm³/mol. The number of benzene rings is 3. The lowest BCUT2D eigenvalue weighted by Gasteiger charge is -2.31. The average molecular weight is 396 g/mol. The van der Waals surface area contributed by atoms with Gasteiger partial charge in [0.15, 0.2) is 5.43 Å². The van der Waals surface area contributed by atoms with Gasteiger partial charge in [-0.1, -0.05) is 30.3 Å². The van der Waals surface area contributed by atoms with Gasteiger partial charge in [0.2, 0.25) is 5.91 Å². The van der Waals surface area contributed by atoms with Gasteiger partial charge >= 0.3 is 0 Å². The Hall–Kier alpha value is -3.40. The molecule has 150 valence electrons. The zero-order valence-electron chi connectivity index (χ0n) is 17.3. The highest BCUT2D eigenvalue weighted by Gasteiger charge is 2.25. The summed E-state index contributed by atoms with van der Waals surface area (Å²) in [4.78, 5) is 28.4. The molecule has 30 heavy (non-hydrogen) atoms. The summed E-state index contributed by atoms with van der Waals surface area (Å²) in [5.74, 6) is 0.0555. The number of anilines is 1. The van der Waals surface area contributed by atoms with Crippen LogP contribution >= 0.6 is 0 Å². The maximum atomic E-state index is 13.6. The Morgan fingerprint density at radius 3 is 2.23 bits per heavy atom. The third-order valence-electron chi connectivity index (χ3n) is 6.17. The van der Waals surface area contributed by atoms with Gasteiger partial charge in [-0.2, -0.15) is 0 Å². The molecule has 0 N–H and O–H groups in total. The number of nitrogens with zero attached hydrogens (tertiary/aromatic N) is 2. The zero-order valence-corrected chi connectivity index (χ0v) is 17.3. The number of carbonyl (C=O) groups excluding carboxylic acids is 1. The van der Waals surface area contributed by atoms with Crippen molar-refractivity contribution in [1.29, 1.82) is 0 Å². The quantitative estimate of drug-likeness (QED) is 0.459. The fourth-order valence-corrected chi connectivity index (χ4v) is 4.80. The predicted octanol–water partition coefficient (Wildman–Crippen LogP) is 4.75. The third-order valence-corrected chi connectivity index (χ3v) is 6.17. The number of aryl methyl sites for hydroxylation is 2. The number of fused-ring (bicyclic) bond motifs is 3. The molecule has 1 aliphatic rings. The molecule has 3 aromatic carbocycles. The van der Waals surface area contributed by atoms with Gasteiger partial charge in [0.25, 0.3) is 0 Å². The molecule has 1 aliphatic heterocycles. The van der Waals surface area contributed by atoms with E-state index in [9.17, 15) is 9.59 Å². The van der Waals surface area contributed by atoms with Crippen LogP contribution in [-0.2, 0) is 17.8 Å². The van der Waals surface area contributed by atoms with E-state index in [1.165, 1.54) is 16.7 Å². The van der Waals surface area contributed by atoms with Crippen LogP contribution in [0, 0.1) is 13.8 Å². The van der Waals surface area contributed by atoms with Crippen LogP contribution in [0.2, 0.25) is 0 Å². The second kappa shape index (κ2) is 7.13.